The first-order chi connectivity index (χ1) is 13.8. The summed E-state index contributed by atoms with van der Waals surface area (Å²) < 4.78 is 7.75. The van der Waals surface area contributed by atoms with Crippen LogP contribution in [-0.2, 0) is 17.7 Å². The summed E-state index contributed by atoms with van der Waals surface area (Å²) in [4.78, 5) is 4.87. The van der Waals surface area contributed by atoms with Gasteiger partial charge in [-0.15, -0.1) is 34.2 Å². The number of unbranched alkanes of at least 4 members (excludes halogenated alkanes) is 1. The Labute approximate surface area is 193 Å². The number of aromatic nitrogens is 3. The number of hydrogen-bond acceptors (Lipinski definition) is 4. The molecule has 1 aliphatic carbocycles. The minimum atomic E-state index is 0. The van der Waals surface area contributed by atoms with Crippen LogP contribution in [0.25, 0.3) is 0 Å². The Kier molecular flexibility index (Phi) is 15.2. The van der Waals surface area contributed by atoms with E-state index in [4.69, 9.17) is 9.73 Å². The zero-order valence-electron chi connectivity index (χ0n) is 18.4. The Morgan fingerprint density at radius 3 is 2.66 bits per heavy atom. The fourth-order valence-electron chi connectivity index (χ4n) is 3.53. The van der Waals surface area contributed by atoms with Crippen molar-refractivity contribution in [1.29, 1.82) is 0 Å². The van der Waals surface area contributed by atoms with Crippen molar-refractivity contribution in [2.24, 2.45) is 10.9 Å². The number of halogens is 1. The summed E-state index contributed by atoms with van der Waals surface area (Å²) in [7, 11) is 0. The third kappa shape index (κ3) is 11.2. The normalized spacial score (nSPS) is 15.2. The van der Waals surface area contributed by atoms with Gasteiger partial charge >= 0.3 is 0 Å². The van der Waals surface area contributed by atoms with Crippen LogP contribution in [0.2, 0.25) is 0 Å². The van der Waals surface area contributed by atoms with E-state index in [9.17, 15) is 0 Å². The van der Waals surface area contributed by atoms with Crippen molar-refractivity contribution in [2.45, 2.75) is 78.2 Å². The molecule has 0 amide bonds. The summed E-state index contributed by atoms with van der Waals surface area (Å²) in [6, 6.07) is 0. The molecule has 29 heavy (non-hydrogen) atoms. The monoisotopic (exact) mass is 520 g/mol. The number of guanidine groups is 1. The predicted octanol–water partition coefficient (Wildman–Crippen LogP) is 3.78. The fourth-order valence-corrected chi connectivity index (χ4v) is 3.53. The van der Waals surface area contributed by atoms with Gasteiger partial charge in [-0.3, -0.25) is 4.99 Å². The van der Waals surface area contributed by atoms with E-state index in [1.54, 1.807) is 6.33 Å². The SMILES string of the molecule is CCCCOCCCNC(=NCC1CCCCC1)NCCn1cnnc1CC.I. The Hall–Kier alpha value is -0.900. The third-order valence-electron chi connectivity index (χ3n) is 5.29. The van der Waals surface area contributed by atoms with Crippen LogP contribution in [0.3, 0.4) is 0 Å². The molecule has 0 spiro atoms. The van der Waals surface area contributed by atoms with Gasteiger partial charge in [-0.1, -0.05) is 39.5 Å². The molecule has 1 saturated carbocycles. The van der Waals surface area contributed by atoms with Crippen LogP contribution in [0, 0.1) is 5.92 Å². The van der Waals surface area contributed by atoms with Crippen LogP contribution >= 0.6 is 24.0 Å². The van der Waals surface area contributed by atoms with E-state index in [1.807, 2.05) is 0 Å². The molecule has 0 radical (unpaired) electrons. The van der Waals surface area contributed by atoms with Gasteiger partial charge in [0.2, 0.25) is 0 Å². The molecule has 1 aliphatic rings. The molecule has 0 aromatic carbocycles. The molecule has 0 bridgehead atoms. The highest BCUT2D eigenvalue weighted by Crippen LogP contribution is 2.23. The number of nitrogens with zero attached hydrogens (tertiary/aromatic N) is 4. The molecule has 1 fully saturated rings. The lowest BCUT2D eigenvalue weighted by atomic mass is 9.89. The highest BCUT2D eigenvalue weighted by molar-refractivity contribution is 14.0. The molecule has 0 aliphatic heterocycles. The van der Waals surface area contributed by atoms with Gasteiger partial charge in [0.25, 0.3) is 0 Å². The van der Waals surface area contributed by atoms with Crippen LogP contribution in [-0.4, -0.2) is 53.6 Å². The maximum Gasteiger partial charge on any atom is 0.191 e. The van der Waals surface area contributed by atoms with Crippen molar-refractivity contribution in [3.63, 3.8) is 0 Å². The summed E-state index contributed by atoms with van der Waals surface area (Å²) in [5, 5.41) is 15.1. The zero-order valence-corrected chi connectivity index (χ0v) is 20.7. The molecule has 8 heteroatoms. The number of ether oxygens (including phenoxy) is 1. The predicted molar refractivity (Wildman–Crippen MR) is 130 cm³/mol. The molecule has 1 aromatic rings. The van der Waals surface area contributed by atoms with Crippen LogP contribution in [0.4, 0.5) is 0 Å². The van der Waals surface area contributed by atoms with Crippen LogP contribution in [0.1, 0.15) is 71.0 Å². The summed E-state index contributed by atoms with van der Waals surface area (Å²) >= 11 is 0. The second kappa shape index (κ2) is 16.8. The number of rotatable bonds is 13. The van der Waals surface area contributed by atoms with E-state index < -0.39 is 0 Å². The van der Waals surface area contributed by atoms with Gasteiger partial charge in [0.1, 0.15) is 12.2 Å². The van der Waals surface area contributed by atoms with Crippen molar-refractivity contribution < 1.29 is 4.74 Å². The topological polar surface area (TPSA) is 76.4 Å². The second-order valence-electron chi connectivity index (χ2n) is 7.66. The third-order valence-corrected chi connectivity index (χ3v) is 5.29. The number of aryl methyl sites for hydroxylation is 1. The van der Waals surface area contributed by atoms with Gasteiger partial charge in [-0.2, -0.15) is 0 Å². The zero-order chi connectivity index (χ0) is 19.9. The largest absolute Gasteiger partial charge is 0.381 e. The van der Waals surface area contributed by atoms with Crippen molar-refractivity contribution in [3.8, 4) is 0 Å². The van der Waals surface area contributed by atoms with E-state index >= 15 is 0 Å². The molecule has 1 heterocycles. The number of hydrogen-bond donors (Lipinski definition) is 2. The number of nitrogens with one attached hydrogen (secondary N) is 2. The number of aliphatic imine (C=N–C) groups is 1. The van der Waals surface area contributed by atoms with Crippen molar-refractivity contribution in [1.82, 2.24) is 25.4 Å². The fraction of sp³-hybridized carbons (Fsp3) is 0.857. The lowest BCUT2D eigenvalue weighted by Crippen LogP contribution is -2.40. The minimum Gasteiger partial charge on any atom is -0.381 e. The van der Waals surface area contributed by atoms with E-state index in [1.165, 1.54) is 38.5 Å². The van der Waals surface area contributed by atoms with E-state index in [2.05, 4.69) is 39.2 Å². The molecule has 2 rings (SSSR count). The van der Waals surface area contributed by atoms with Crippen LogP contribution < -0.4 is 10.6 Å². The van der Waals surface area contributed by atoms with Gasteiger partial charge in [0, 0.05) is 45.8 Å². The van der Waals surface area contributed by atoms with Crippen molar-refractivity contribution in [3.05, 3.63) is 12.2 Å². The van der Waals surface area contributed by atoms with Gasteiger partial charge in [0.05, 0.1) is 0 Å². The van der Waals surface area contributed by atoms with Gasteiger partial charge in [-0.25, -0.2) is 0 Å². The van der Waals surface area contributed by atoms with Gasteiger partial charge in [0.15, 0.2) is 5.96 Å². The Morgan fingerprint density at radius 1 is 1.14 bits per heavy atom. The summed E-state index contributed by atoms with van der Waals surface area (Å²) in [5.74, 6) is 2.69. The summed E-state index contributed by atoms with van der Waals surface area (Å²) in [6.07, 6.45) is 12.8. The highest BCUT2D eigenvalue weighted by atomic mass is 127. The van der Waals surface area contributed by atoms with E-state index in [0.29, 0.717) is 0 Å². The second-order valence-corrected chi connectivity index (χ2v) is 7.66. The van der Waals surface area contributed by atoms with Crippen LogP contribution in [0.15, 0.2) is 11.3 Å². The smallest absolute Gasteiger partial charge is 0.191 e. The molecule has 0 unspecified atom stereocenters. The van der Waals surface area contributed by atoms with Gasteiger partial charge < -0.3 is 19.9 Å². The molecular formula is C21H41IN6O. The van der Waals surface area contributed by atoms with Crippen molar-refractivity contribution in [2.75, 3.05) is 32.8 Å². The quantitative estimate of drug-likeness (QED) is 0.179. The average molecular weight is 521 g/mol. The molecule has 2 N–H and O–H groups in total. The maximum absolute atomic E-state index is 5.65. The first-order valence-electron chi connectivity index (χ1n) is 11.3. The molecule has 0 atom stereocenters. The van der Waals surface area contributed by atoms with E-state index in [0.717, 1.165) is 76.4 Å². The van der Waals surface area contributed by atoms with E-state index in [-0.39, 0.29) is 24.0 Å². The standard InChI is InChI=1S/C21H40N6O.HI/c1-3-5-15-28-16-9-12-22-21(24-17-19-10-7-6-8-11-19)23-13-14-27-18-25-26-20(27)4-2;/h18-19H,3-17H2,1-2H3,(H2,22,23,24);1H. The van der Waals surface area contributed by atoms with Gasteiger partial charge in [-0.05, 0) is 31.6 Å². The molecular weight excluding hydrogens is 479 g/mol. The highest BCUT2D eigenvalue weighted by Gasteiger charge is 2.13. The minimum absolute atomic E-state index is 0. The van der Waals surface area contributed by atoms with Crippen molar-refractivity contribution >= 4 is 29.9 Å². The maximum atomic E-state index is 5.65. The first kappa shape index (κ1) is 26.1. The lowest BCUT2D eigenvalue weighted by Gasteiger charge is -2.20. The molecule has 7 nitrogen and oxygen atoms in total. The summed E-state index contributed by atoms with van der Waals surface area (Å²) in [5.41, 5.74) is 0. The average Bonchev–Trinajstić information content (AvgIpc) is 3.19. The summed E-state index contributed by atoms with van der Waals surface area (Å²) in [6.45, 7) is 9.45. The van der Waals surface area contributed by atoms with Crippen LogP contribution in [0.5, 0.6) is 0 Å². The molecule has 1 aromatic heterocycles. The lowest BCUT2D eigenvalue weighted by molar-refractivity contribution is 0.129. The Balaban J connectivity index is 0.00000420. The Morgan fingerprint density at radius 2 is 1.90 bits per heavy atom. The molecule has 168 valence electrons. The Bertz CT molecular complexity index is 545. The first-order valence-corrected chi connectivity index (χ1v) is 11.3. The molecule has 0 saturated heterocycles.